The summed E-state index contributed by atoms with van der Waals surface area (Å²) in [5.41, 5.74) is 0. The van der Waals surface area contributed by atoms with Crippen molar-refractivity contribution in [1.82, 2.24) is 5.09 Å². The van der Waals surface area contributed by atoms with Crippen molar-refractivity contribution in [3.05, 3.63) is 0 Å². The number of unbranched alkanes of at least 4 members (excludes halogenated alkanes) is 10. The fourth-order valence-electron chi connectivity index (χ4n) is 2.01. The fourth-order valence-corrected chi connectivity index (χ4v) is 2.46. The standard InChI is InChI=1S/C13H30NO3P/c1-2-3-4-5-6-7-8-9-10-11-12-13-14-18(15,16)17/h2-13H2,1H3,(H3,14,15,16,17). The lowest BCUT2D eigenvalue weighted by Crippen LogP contribution is -2.10. The topological polar surface area (TPSA) is 69.6 Å². The molecule has 0 aliphatic rings. The number of nitrogens with one attached hydrogen (secondary N) is 1. The molecule has 110 valence electrons. The Balaban J connectivity index is 3.01. The average Bonchev–Trinajstić information content (AvgIpc) is 2.29. The molecule has 0 saturated heterocycles. The molecule has 0 radical (unpaired) electrons. The summed E-state index contributed by atoms with van der Waals surface area (Å²) < 4.78 is 10.5. The molecule has 0 heterocycles. The smallest absolute Gasteiger partial charge is 0.313 e. The third-order valence-electron chi connectivity index (χ3n) is 3.10. The highest BCUT2D eigenvalue weighted by molar-refractivity contribution is 7.49. The van der Waals surface area contributed by atoms with Gasteiger partial charge in [0.05, 0.1) is 0 Å². The molecule has 0 aromatic carbocycles. The van der Waals surface area contributed by atoms with Gasteiger partial charge in [-0.25, -0.2) is 9.65 Å². The minimum absolute atomic E-state index is 0.418. The van der Waals surface area contributed by atoms with E-state index in [9.17, 15) is 4.57 Å². The van der Waals surface area contributed by atoms with Crippen LogP contribution in [0.25, 0.3) is 0 Å². The molecule has 0 amide bonds. The maximum absolute atomic E-state index is 10.5. The van der Waals surface area contributed by atoms with Crippen molar-refractivity contribution >= 4 is 7.75 Å². The van der Waals surface area contributed by atoms with Crippen molar-refractivity contribution in [2.45, 2.75) is 77.6 Å². The predicted octanol–water partition coefficient (Wildman–Crippen LogP) is 3.98. The summed E-state index contributed by atoms with van der Waals surface area (Å²) in [7, 11) is -4.00. The SMILES string of the molecule is CCCCCCCCCCCCCNP(=O)(O)O. The Morgan fingerprint density at radius 1 is 0.778 bits per heavy atom. The second kappa shape index (κ2) is 12.2. The fraction of sp³-hybridized carbons (Fsp3) is 1.00. The van der Waals surface area contributed by atoms with Crippen LogP contribution in [0, 0.1) is 0 Å². The lowest BCUT2D eigenvalue weighted by molar-refractivity contribution is 0.356. The van der Waals surface area contributed by atoms with Crippen molar-refractivity contribution in [2.75, 3.05) is 6.54 Å². The molecule has 0 aliphatic heterocycles. The quantitative estimate of drug-likeness (QED) is 0.352. The lowest BCUT2D eigenvalue weighted by Gasteiger charge is -2.05. The van der Waals surface area contributed by atoms with E-state index in [4.69, 9.17) is 9.79 Å². The monoisotopic (exact) mass is 279 g/mol. The zero-order chi connectivity index (χ0) is 13.7. The number of hydrogen-bond donors (Lipinski definition) is 3. The van der Waals surface area contributed by atoms with Crippen LogP contribution in [0.3, 0.4) is 0 Å². The summed E-state index contributed by atoms with van der Waals surface area (Å²) in [6, 6.07) is 0. The maximum atomic E-state index is 10.5. The minimum Gasteiger partial charge on any atom is -0.313 e. The van der Waals surface area contributed by atoms with Crippen LogP contribution in [0.15, 0.2) is 0 Å². The van der Waals surface area contributed by atoms with Gasteiger partial charge in [-0.2, -0.15) is 0 Å². The van der Waals surface area contributed by atoms with Crippen LogP contribution in [0.4, 0.5) is 0 Å². The van der Waals surface area contributed by atoms with E-state index in [1.54, 1.807) is 0 Å². The van der Waals surface area contributed by atoms with Gasteiger partial charge in [0.25, 0.3) is 0 Å². The van der Waals surface area contributed by atoms with E-state index in [1.165, 1.54) is 57.8 Å². The Bertz CT molecular complexity index is 218. The Morgan fingerprint density at radius 2 is 1.17 bits per heavy atom. The highest BCUT2D eigenvalue weighted by Crippen LogP contribution is 2.27. The molecule has 0 unspecified atom stereocenters. The van der Waals surface area contributed by atoms with Gasteiger partial charge < -0.3 is 9.79 Å². The van der Waals surface area contributed by atoms with Crippen molar-refractivity contribution in [3.63, 3.8) is 0 Å². The molecule has 4 nitrogen and oxygen atoms in total. The van der Waals surface area contributed by atoms with Crippen molar-refractivity contribution in [3.8, 4) is 0 Å². The van der Waals surface area contributed by atoms with Gasteiger partial charge in [0.15, 0.2) is 0 Å². The molecule has 5 heteroatoms. The molecule has 0 aromatic heterocycles. The van der Waals surface area contributed by atoms with Crippen LogP contribution < -0.4 is 5.09 Å². The first-order chi connectivity index (χ1) is 8.56. The Hall–Kier alpha value is 0.110. The molecule has 0 spiro atoms. The molecule has 0 aromatic rings. The summed E-state index contributed by atoms with van der Waals surface area (Å²) >= 11 is 0. The van der Waals surface area contributed by atoms with Gasteiger partial charge in [0.2, 0.25) is 0 Å². The molecule has 0 bridgehead atoms. The summed E-state index contributed by atoms with van der Waals surface area (Å²) in [6.07, 6.45) is 13.8. The molecule has 0 atom stereocenters. The molecule has 0 fully saturated rings. The lowest BCUT2D eigenvalue weighted by atomic mass is 10.1. The molecular formula is C13H30NO3P. The van der Waals surface area contributed by atoms with Crippen molar-refractivity contribution in [1.29, 1.82) is 0 Å². The van der Waals surface area contributed by atoms with E-state index in [1.807, 2.05) is 0 Å². The van der Waals surface area contributed by atoms with Gasteiger partial charge in [-0.3, -0.25) is 0 Å². The van der Waals surface area contributed by atoms with Crippen LogP contribution in [0.2, 0.25) is 0 Å². The zero-order valence-electron chi connectivity index (χ0n) is 11.7. The van der Waals surface area contributed by atoms with Gasteiger partial charge in [0.1, 0.15) is 0 Å². The minimum atomic E-state index is -4.00. The Kier molecular flexibility index (Phi) is 12.2. The second-order valence-corrected chi connectivity index (χ2v) is 6.39. The Labute approximate surface area is 112 Å². The van der Waals surface area contributed by atoms with Gasteiger partial charge in [0, 0.05) is 6.54 Å². The van der Waals surface area contributed by atoms with Crippen LogP contribution in [0.5, 0.6) is 0 Å². The Morgan fingerprint density at radius 3 is 1.56 bits per heavy atom. The van der Waals surface area contributed by atoms with Crippen LogP contribution in [-0.2, 0) is 4.57 Å². The van der Waals surface area contributed by atoms with Gasteiger partial charge in [-0.05, 0) is 6.42 Å². The molecule has 0 aliphatic carbocycles. The first-order valence-corrected chi connectivity index (χ1v) is 8.98. The van der Waals surface area contributed by atoms with E-state index < -0.39 is 7.75 Å². The summed E-state index contributed by atoms with van der Waals surface area (Å²) in [5.74, 6) is 0. The largest absolute Gasteiger partial charge is 0.400 e. The summed E-state index contributed by atoms with van der Waals surface area (Å²) in [6.45, 7) is 2.66. The first-order valence-electron chi connectivity index (χ1n) is 7.37. The molecular weight excluding hydrogens is 249 g/mol. The second-order valence-electron chi connectivity index (χ2n) is 4.99. The predicted molar refractivity (Wildman–Crippen MR) is 76.5 cm³/mol. The normalized spacial score (nSPS) is 11.9. The zero-order valence-corrected chi connectivity index (χ0v) is 12.6. The third kappa shape index (κ3) is 16.1. The highest BCUT2D eigenvalue weighted by atomic mass is 31.2. The van der Waals surface area contributed by atoms with Gasteiger partial charge in [-0.1, -0.05) is 71.1 Å². The third-order valence-corrected chi connectivity index (χ3v) is 3.73. The van der Waals surface area contributed by atoms with E-state index in [0.717, 1.165) is 12.8 Å². The van der Waals surface area contributed by atoms with E-state index in [-0.39, 0.29) is 0 Å². The van der Waals surface area contributed by atoms with Crippen LogP contribution in [-0.4, -0.2) is 16.3 Å². The van der Waals surface area contributed by atoms with Crippen LogP contribution in [0.1, 0.15) is 77.6 Å². The van der Waals surface area contributed by atoms with Crippen LogP contribution >= 0.6 is 7.75 Å². The first kappa shape index (κ1) is 18.1. The highest BCUT2D eigenvalue weighted by Gasteiger charge is 2.09. The van der Waals surface area contributed by atoms with Crippen molar-refractivity contribution in [2.24, 2.45) is 0 Å². The average molecular weight is 279 g/mol. The van der Waals surface area contributed by atoms with Crippen molar-refractivity contribution < 1.29 is 14.4 Å². The molecule has 18 heavy (non-hydrogen) atoms. The van der Waals surface area contributed by atoms with E-state index >= 15 is 0 Å². The maximum Gasteiger partial charge on any atom is 0.400 e. The molecule has 0 rings (SSSR count). The van der Waals surface area contributed by atoms with Gasteiger partial charge >= 0.3 is 7.75 Å². The number of hydrogen-bond acceptors (Lipinski definition) is 1. The van der Waals surface area contributed by atoms with E-state index in [2.05, 4.69) is 12.0 Å². The summed E-state index contributed by atoms with van der Waals surface area (Å²) in [4.78, 5) is 17.2. The molecule has 0 saturated carbocycles. The number of rotatable bonds is 13. The summed E-state index contributed by atoms with van der Waals surface area (Å²) in [5, 5.41) is 2.22. The van der Waals surface area contributed by atoms with Gasteiger partial charge in [-0.15, -0.1) is 0 Å². The van der Waals surface area contributed by atoms with E-state index in [0.29, 0.717) is 6.54 Å². The molecule has 3 N–H and O–H groups in total.